The van der Waals surface area contributed by atoms with Crippen LogP contribution in [0.15, 0.2) is 58.3 Å². The zero-order chi connectivity index (χ0) is 27.4. The molecule has 2 aromatic rings. The number of carbonyl (C=O) groups is 4. The van der Waals surface area contributed by atoms with E-state index in [1.165, 1.54) is 9.80 Å². The Bertz CT molecular complexity index is 1300. The van der Waals surface area contributed by atoms with Gasteiger partial charge in [-0.25, -0.2) is 0 Å². The lowest BCUT2D eigenvalue weighted by molar-refractivity contribution is -0.125. The Labute approximate surface area is 247 Å². The summed E-state index contributed by atoms with van der Waals surface area (Å²) in [6.07, 6.45) is -0.0101. The molecule has 0 aliphatic carbocycles. The Balaban J connectivity index is 1.35. The number of hydrogen-bond acceptors (Lipinski definition) is 8. The molecule has 2 aliphatic heterocycles. The van der Waals surface area contributed by atoms with Crippen molar-refractivity contribution in [2.24, 2.45) is 0 Å². The Hall–Kier alpha value is -2.48. The molecule has 14 heteroatoms. The summed E-state index contributed by atoms with van der Waals surface area (Å²) in [6, 6.07) is 13.4. The normalized spacial score (nSPS) is 17.4. The number of benzene rings is 2. The number of anilines is 2. The van der Waals surface area contributed by atoms with Crippen molar-refractivity contribution in [2.45, 2.75) is 12.8 Å². The van der Waals surface area contributed by atoms with Crippen LogP contribution in [0.5, 0.6) is 0 Å². The molecule has 0 bridgehead atoms. The molecule has 0 radical (unpaired) electrons. The summed E-state index contributed by atoms with van der Waals surface area (Å²) in [5, 5.41) is 6.41. The average Bonchev–Trinajstić information content (AvgIpc) is 3.29. The van der Waals surface area contributed by atoms with Crippen molar-refractivity contribution < 1.29 is 19.2 Å². The maximum absolute atomic E-state index is 13.1. The van der Waals surface area contributed by atoms with E-state index in [2.05, 4.69) is 10.6 Å². The predicted octanol–water partition coefficient (Wildman–Crippen LogP) is 5.28. The van der Waals surface area contributed by atoms with Crippen molar-refractivity contribution in [3.63, 3.8) is 0 Å². The SMILES string of the molecule is O=C(CCN1C(=O)C(=C2SC(=S)N(CCC(=O)Nc3cccc(Cl)c3)C2=O)SC1=S)Nc1cccc(Cl)c1. The smallest absolute Gasteiger partial charge is 0.267 e. The highest BCUT2D eigenvalue weighted by Gasteiger charge is 2.42. The van der Waals surface area contributed by atoms with Gasteiger partial charge in [-0.05, 0) is 36.4 Å². The Morgan fingerprint density at radius 2 is 1.13 bits per heavy atom. The molecular formula is C24H18Cl2N4O4S4. The van der Waals surface area contributed by atoms with Crippen LogP contribution in [0.4, 0.5) is 11.4 Å². The van der Waals surface area contributed by atoms with Crippen LogP contribution in [-0.2, 0) is 19.2 Å². The van der Waals surface area contributed by atoms with Crippen molar-refractivity contribution in [2.75, 3.05) is 23.7 Å². The van der Waals surface area contributed by atoms with E-state index >= 15 is 0 Å². The molecule has 38 heavy (non-hydrogen) atoms. The number of carbonyl (C=O) groups excluding carboxylic acids is 4. The average molecular weight is 626 g/mol. The minimum atomic E-state index is -0.463. The molecule has 2 fully saturated rings. The molecule has 2 saturated heterocycles. The molecule has 4 amide bonds. The summed E-state index contributed by atoms with van der Waals surface area (Å²) in [6.45, 7) is 0.0923. The van der Waals surface area contributed by atoms with Crippen molar-refractivity contribution in [3.05, 3.63) is 68.4 Å². The highest BCUT2D eigenvalue weighted by molar-refractivity contribution is 8.29. The molecule has 2 N–H and O–H groups in total. The number of rotatable bonds is 8. The van der Waals surface area contributed by atoms with Crippen molar-refractivity contribution in [1.29, 1.82) is 0 Å². The molecule has 2 aromatic carbocycles. The monoisotopic (exact) mass is 624 g/mol. The van der Waals surface area contributed by atoms with E-state index in [0.29, 0.717) is 21.4 Å². The zero-order valence-electron chi connectivity index (χ0n) is 19.4. The third-order valence-corrected chi connectivity index (χ3v) is 8.74. The van der Waals surface area contributed by atoms with E-state index in [0.717, 1.165) is 23.5 Å². The molecule has 0 unspecified atom stereocenters. The molecule has 196 valence electrons. The largest absolute Gasteiger partial charge is 0.326 e. The third-order valence-electron chi connectivity index (χ3n) is 5.25. The van der Waals surface area contributed by atoms with Crippen molar-refractivity contribution >= 4 is 115 Å². The van der Waals surface area contributed by atoms with Crippen LogP contribution in [-0.4, -0.2) is 55.2 Å². The molecule has 0 saturated carbocycles. The van der Waals surface area contributed by atoms with Gasteiger partial charge in [-0.1, -0.05) is 83.3 Å². The molecule has 2 aliphatic rings. The number of thioether (sulfide) groups is 2. The van der Waals surface area contributed by atoms with Crippen LogP contribution in [0.25, 0.3) is 0 Å². The van der Waals surface area contributed by atoms with Gasteiger partial charge in [0, 0.05) is 47.4 Å². The van der Waals surface area contributed by atoms with Gasteiger partial charge < -0.3 is 10.6 Å². The summed E-state index contributed by atoms with van der Waals surface area (Å²) in [5.74, 6) is -1.56. The summed E-state index contributed by atoms with van der Waals surface area (Å²) in [5.41, 5.74) is 1.08. The van der Waals surface area contributed by atoms with Crippen LogP contribution in [0.1, 0.15) is 12.8 Å². The quantitative estimate of drug-likeness (QED) is 0.302. The number of hydrogen-bond donors (Lipinski definition) is 2. The molecule has 0 aromatic heterocycles. The first-order valence-corrected chi connectivity index (χ1v) is 14.3. The van der Waals surface area contributed by atoms with Gasteiger partial charge in [0.15, 0.2) is 0 Å². The number of amides is 4. The van der Waals surface area contributed by atoms with Gasteiger partial charge >= 0.3 is 0 Å². The summed E-state index contributed by atoms with van der Waals surface area (Å²) >= 11 is 24.5. The van der Waals surface area contributed by atoms with E-state index in [1.807, 2.05) is 0 Å². The zero-order valence-corrected chi connectivity index (χ0v) is 24.1. The summed E-state index contributed by atoms with van der Waals surface area (Å²) < 4.78 is 0.485. The minimum absolute atomic E-state index is 0.00503. The Kier molecular flexibility index (Phi) is 9.45. The fourth-order valence-electron chi connectivity index (χ4n) is 3.46. The highest BCUT2D eigenvalue weighted by Crippen LogP contribution is 2.42. The second-order valence-electron chi connectivity index (χ2n) is 7.92. The minimum Gasteiger partial charge on any atom is -0.326 e. The maximum Gasteiger partial charge on any atom is 0.267 e. The van der Waals surface area contributed by atoms with Gasteiger partial charge in [0.25, 0.3) is 11.8 Å². The number of nitrogens with one attached hydrogen (secondary N) is 2. The van der Waals surface area contributed by atoms with Crippen molar-refractivity contribution in [3.8, 4) is 0 Å². The van der Waals surface area contributed by atoms with Crippen LogP contribution in [0.3, 0.4) is 0 Å². The molecule has 0 spiro atoms. The molecule has 4 rings (SSSR count). The number of halogens is 2. The molecule has 8 nitrogen and oxygen atoms in total. The lowest BCUT2D eigenvalue weighted by Crippen LogP contribution is -2.33. The first-order valence-electron chi connectivity index (χ1n) is 11.0. The Morgan fingerprint density at radius 3 is 1.50 bits per heavy atom. The number of nitrogens with zero attached hydrogens (tertiary/aromatic N) is 2. The van der Waals surface area contributed by atoms with Crippen LogP contribution in [0, 0.1) is 0 Å². The highest BCUT2D eigenvalue weighted by atomic mass is 35.5. The van der Waals surface area contributed by atoms with Crippen LogP contribution in [0.2, 0.25) is 10.0 Å². The van der Waals surface area contributed by atoms with E-state index in [1.54, 1.807) is 48.5 Å². The van der Waals surface area contributed by atoms with Gasteiger partial charge in [-0.2, -0.15) is 0 Å². The summed E-state index contributed by atoms with van der Waals surface area (Å²) in [4.78, 5) is 53.8. The van der Waals surface area contributed by atoms with Gasteiger partial charge in [-0.3, -0.25) is 29.0 Å². The predicted molar refractivity (Wildman–Crippen MR) is 160 cm³/mol. The Morgan fingerprint density at radius 1 is 0.737 bits per heavy atom. The topological polar surface area (TPSA) is 98.8 Å². The van der Waals surface area contributed by atoms with Gasteiger partial charge in [0.1, 0.15) is 8.64 Å². The first-order chi connectivity index (χ1) is 18.1. The second-order valence-corrected chi connectivity index (χ2v) is 12.1. The molecule has 0 atom stereocenters. The third kappa shape index (κ3) is 6.93. The first kappa shape index (κ1) is 28.5. The van der Waals surface area contributed by atoms with Gasteiger partial charge in [0.2, 0.25) is 11.8 Å². The van der Waals surface area contributed by atoms with Crippen LogP contribution < -0.4 is 10.6 Å². The van der Waals surface area contributed by atoms with Crippen molar-refractivity contribution in [1.82, 2.24) is 9.80 Å². The fraction of sp³-hybridized carbons (Fsp3) is 0.167. The standard InChI is InChI=1S/C24H18Cl2N4O4S4/c25-13-3-1-5-15(11-13)27-17(31)7-9-29-21(33)19(37-23(29)35)20-22(34)30(24(36)38-20)10-8-18(32)28-16-6-2-4-14(26)12-16/h1-6,11-12H,7-10H2,(H,27,31)(H,28,32). The second kappa shape index (κ2) is 12.6. The molecular weight excluding hydrogens is 607 g/mol. The van der Waals surface area contributed by atoms with Gasteiger partial charge in [0.05, 0.1) is 9.81 Å². The van der Waals surface area contributed by atoms with Crippen LogP contribution >= 0.6 is 71.2 Å². The lowest BCUT2D eigenvalue weighted by Gasteiger charge is -2.15. The lowest BCUT2D eigenvalue weighted by atomic mass is 10.3. The maximum atomic E-state index is 13.1. The number of thiocarbonyl (C=S) groups is 2. The summed E-state index contributed by atoms with van der Waals surface area (Å²) in [7, 11) is 0. The fourth-order valence-corrected chi connectivity index (χ4v) is 6.61. The van der Waals surface area contributed by atoms with Gasteiger partial charge in [-0.15, -0.1) is 0 Å². The van der Waals surface area contributed by atoms with E-state index in [9.17, 15) is 19.2 Å². The van der Waals surface area contributed by atoms with E-state index in [-0.39, 0.29) is 56.2 Å². The van der Waals surface area contributed by atoms with E-state index in [4.69, 9.17) is 47.6 Å². The molecule has 2 heterocycles. The van der Waals surface area contributed by atoms with E-state index < -0.39 is 11.8 Å².